The zero-order chi connectivity index (χ0) is 18.7. The largest absolute Gasteiger partial charge is 0.459 e. The van der Waals surface area contributed by atoms with Gasteiger partial charge in [-0.25, -0.2) is 4.79 Å². The molecule has 1 aromatic heterocycles. The molecule has 0 aliphatic carbocycles. The number of carbonyl (C=O) groups is 2. The van der Waals surface area contributed by atoms with Crippen LogP contribution in [-0.4, -0.2) is 58.7 Å². The number of hydrogen-bond acceptors (Lipinski definition) is 5. The molecule has 3 heterocycles. The van der Waals surface area contributed by atoms with E-state index in [2.05, 4.69) is 19.2 Å². The van der Waals surface area contributed by atoms with Gasteiger partial charge < -0.3 is 14.1 Å². The molecule has 26 heavy (non-hydrogen) atoms. The fraction of sp³-hybridized carbons (Fsp3) is 0.611. The standard InChI is InChI=1S/C18H25N3O4S/c1-12(2)10-14-11-25-18(23)21(14)13-5-7-20(8-6-13)17(26)19-16(22)15-4-3-9-24-15/h3-4,9,12-14H,5-8,10-11H2,1-2H3,(H,19,22,26). The van der Waals surface area contributed by atoms with Gasteiger partial charge in [-0.2, -0.15) is 0 Å². The van der Waals surface area contributed by atoms with Crippen molar-refractivity contribution in [2.24, 2.45) is 5.92 Å². The maximum absolute atomic E-state index is 12.2. The van der Waals surface area contributed by atoms with Crippen LogP contribution in [0.4, 0.5) is 4.79 Å². The molecule has 2 saturated heterocycles. The third-order valence-electron chi connectivity index (χ3n) is 4.86. The smallest absolute Gasteiger partial charge is 0.410 e. The van der Waals surface area contributed by atoms with Crippen molar-refractivity contribution in [3.8, 4) is 0 Å². The quantitative estimate of drug-likeness (QED) is 0.811. The highest BCUT2D eigenvalue weighted by atomic mass is 32.1. The van der Waals surface area contributed by atoms with Crippen molar-refractivity contribution in [2.45, 2.75) is 45.2 Å². The van der Waals surface area contributed by atoms with E-state index < -0.39 is 0 Å². The molecule has 8 heteroatoms. The summed E-state index contributed by atoms with van der Waals surface area (Å²) >= 11 is 5.35. The minimum atomic E-state index is -0.345. The van der Waals surface area contributed by atoms with E-state index in [9.17, 15) is 9.59 Å². The third kappa shape index (κ3) is 4.17. The molecule has 2 amide bonds. The van der Waals surface area contributed by atoms with Crippen molar-refractivity contribution in [3.05, 3.63) is 24.2 Å². The second-order valence-corrected chi connectivity index (χ2v) is 7.61. The van der Waals surface area contributed by atoms with E-state index in [1.807, 2.05) is 9.80 Å². The number of nitrogens with zero attached hydrogens (tertiary/aromatic N) is 2. The molecular formula is C18H25N3O4S. The number of rotatable bonds is 4. The maximum Gasteiger partial charge on any atom is 0.410 e. The van der Waals surface area contributed by atoms with Gasteiger partial charge in [-0.1, -0.05) is 13.8 Å². The molecule has 2 fully saturated rings. The van der Waals surface area contributed by atoms with Crippen LogP contribution in [0.1, 0.15) is 43.7 Å². The van der Waals surface area contributed by atoms with Crippen molar-refractivity contribution in [3.63, 3.8) is 0 Å². The number of cyclic esters (lactones) is 1. The van der Waals surface area contributed by atoms with Crippen molar-refractivity contribution in [2.75, 3.05) is 19.7 Å². The molecule has 3 rings (SSSR count). The molecule has 1 N–H and O–H groups in total. The number of likely N-dealkylation sites (tertiary alicyclic amines) is 1. The number of furan rings is 1. The number of ether oxygens (including phenoxy) is 1. The summed E-state index contributed by atoms with van der Waals surface area (Å²) in [7, 11) is 0. The van der Waals surface area contributed by atoms with Crippen LogP contribution in [0.25, 0.3) is 0 Å². The van der Waals surface area contributed by atoms with Crippen LogP contribution >= 0.6 is 12.2 Å². The van der Waals surface area contributed by atoms with E-state index in [0.29, 0.717) is 30.7 Å². The van der Waals surface area contributed by atoms with Gasteiger partial charge in [0.05, 0.1) is 12.3 Å². The van der Waals surface area contributed by atoms with Crippen molar-refractivity contribution in [1.29, 1.82) is 0 Å². The summed E-state index contributed by atoms with van der Waals surface area (Å²) in [5, 5.41) is 3.10. The number of nitrogens with one attached hydrogen (secondary N) is 1. The van der Waals surface area contributed by atoms with Crippen molar-refractivity contribution in [1.82, 2.24) is 15.1 Å². The molecule has 0 aromatic carbocycles. The van der Waals surface area contributed by atoms with Crippen LogP contribution in [0.3, 0.4) is 0 Å². The Morgan fingerprint density at radius 1 is 1.38 bits per heavy atom. The highest BCUT2D eigenvalue weighted by Gasteiger charge is 2.39. The summed E-state index contributed by atoms with van der Waals surface area (Å²) in [5.41, 5.74) is 0. The zero-order valence-corrected chi connectivity index (χ0v) is 16.0. The minimum absolute atomic E-state index is 0.157. The number of carbonyl (C=O) groups excluding carboxylic acids is 2. The zero-order valence-electron chi connectivity index (χ0n) is 15.1. The minimum Gasteiger partial charge on any atom is -0.459 e. The van der Waals surface area contributed by atoms with Crippen LogP contribution < -0.4 is 5.32 Å². The molecule has 7 nitrogen and oxygen atoms in total. The predicted octanol–water partition coefficient (Wildman–Crippen LogP) is 2.63. The summed E-state index contributed by atoms with van der Waals surface area (Å²) < 4.78 is 10.4. The molecule has 2 aliphatic rings. The second kappa shape index (κ2) is 8.07. The summed E-state index contributed by atoms with van der Waals surface area (Å²) in [6.07, 6.45) is 3.80. The van der Waals surface area contributed by atoms with Gasteiger partial charge in [0.2, 0.25) is 0 Å². The Labute approximate surface area is 158 Å². The molecule has 0 spiro atoms. The molecular weight excluding hydrogens is 354 g/mol. The Balaban J connectivity index is 1.52. The van der Waals surface area contributed by atoms with Crippen LogP contribution in [-0.2, 0) is 4.74 Å². The number of hydrogen-bond donors (Lipinski definition) is 1. The Morgan fingerprint density at radius 3 is 2.73 bits per heavy atom. The monoisotopic (exact) mass is 379 g/mol. The summed E-state index contributed by atoms with van der Waals surface area (Å²) in [6.45, 7) is 6.18. The Morgan fingerprint density at radius 2 is 2.12 bits per heavy atom. The fourth-order valence-corrected chi connectivity index (χ4v) is 3.91. The molecule has 1 aromatic rings. The van der Waals surface area contributed by atoms with E-state index in [4.69, 9.17) is 21.4 Å². The summed E-state index contributed by atoms with van der Waals surface area (Å²) in [6, 6.07) is 3.57. The lowest BCUT2D eigenvalue weighted by Crippen LogP contribution is -2.52. The number of piperidine rings is 1. The molecule has 0 bridgehead atoms. The van der Waals surface area contributed by atoms with Crippen molar-refractivity contribution < 1.29 is 18.7 Å². The lowest BCUT2D eigenvalue weighted by molar-refractivity contribution is 0.0942. The van der Waals surface area contributed by atoms with E-state index in [-0.39, 0.29) is 29.8 Å². The van der Waals surface area contributed by atoms with Gasteiger partial charge in [0, 0.05) is 19.1 Å². The molecule has 0 saturated carbocycles. The topological polar surface area (TPSA) is 75.0 Å². The van der Waals surface area contributed by atoms with Crippen LogP contribution in [0, 0.1) is 5.92 Å². The lowest BCUT2D eigenvalue weighted by atomic mass is 9.98. The Kier molecular flexibility index (Phi) is 5.80. The first-order chi connectivity index (χ1) is 12.5. The summed E-state index contributed by atoms with van der Waals surface area (Å²) in [4.78, 5) is 28.1. The average Bonchev–Trinajstić information content (AvgIpc) is 3.25. The maximum atomic E-state index is 12.2. The summed E-state index contributed by atoms with van der Waals surface area (Å²) in [5.74, 6) is 0.405. The third-order valence-corrected chi connectivity index (χ3v) is 5.22. The van der Waals surface area contributed by atoms with Gasteiger partial charge in [0.25, 0.3) is 5.91 Å². The van der Waals surface area contributed by atoms with Gasteiger partial charge in [-0.3, -0.25) is 15.0 Å². The Hall–Kier alpha value is -2.09. The first-order valence-electron chi connectivity index (χ1n) is 9.04. The van der Waals surface area contributed by atoms with E-state index in [1.165, 1.54) is 6.26 Å². The number of amides is 2. The normalized spacial score (nSPS) is 21.2. The van der Waals surface area contributed by atoms with Crippen molar-refractivity contribution >= 4 is 29.3 Å². The fourth-order valence-electron chi connectivity index (χ4n) is 3.64. The molecule has 0 radical (unpaired) electrons. The van der Waals surface area contributed by atoms with E-state index in [0.717, 1.165) is 19.3 Å². The second-order valence-electron chi connectivity index (χ2n) is 7.22. The number of thiocarbonyl (C=S) groups is 1. The molecule has 1 unspecified atom stereocenters. The predicted molar refractivity (Wildman–Crippen MR) is 99.8 cm³/mol. The van der Waals surface area contributed by atoms with Crippen LogP contribution in [0.15, 0.2) is 22.8 Å². The highest BCUT2D eigenvalue weighted by molar-refractivity contribution is 7.80. The first-order valence-corrected chi connectivity index (χ1v) is 9.45. The Bertz CT molecular complexity index is 653. The molecule has 1 atom stereocenters. The van der Waals surface area contributed by atoms with E-state index >= 15 is 0 Å². The first kappa shape index (κ1) is 18.7. The SMILES string of the molecule is CC(C)CC1COC(=O)N1C1CCN(C(=S)NC(=O)c2ccco2)CC1. The van der Waals surface area contributed by atoms with Crippen LogP contribution in [0.5, 0.6) is 0 Å². The van der Waals surface area contributed by atoms with Gasteiger partial charge in [-0.15, -0.1) is 0 Å². The molecule has 142 valence electrons. The van der Waals surface area contributed by atoms with E-state index in [1.54, 1.807) is 12.1 Å². The average molecular weight is 379 g/mol. The van der Waals surface area contributed by atoms with Gasteiger partial charge in [0.15, 0.2) is 10.9 Å². The lowest BCUT2D eigenvalue weighted by Gasteiger charge is -2.38. The van der Waals surface area contributed by atoms with Gasteiger partial charge in [-0.05, 0) is 49.5 Å². The highest BCUT2D eigenvalue weighted by Crippen LogP contribution is 2.27. The van der Waals surface area contributed by atoms with Gasteiger partial charge in [0.1, 0.15) is 6.61 Å². The molecule has 2 aliphatic heterocycles. The van der Waals surface area contributed by atoms with Gasteiger partial charge >= 0.3 is 6.09 Å². The van der Waals surface area contributed by atoms with Crippen LogP contribution in [0.2, 0.25) is 0 Å².